The minimum Gasteiger partial charge on any atom is -0.473 e. The molecule has 1 aliphatic carbocycles. The van der Waals surface area contributed by atoms with Crippen LogP contribution in [0.2, 0.25) is 5.28 Å². The SMILES string of the molecule is COC1CCCC(Oc2nc(Cl)ncc2Br)C1. The summed E-state index contributed by atoms with van der Waals surface area (Å²) in [7, 11) is 1.74. The lowest BCUT2D eigenvalue weighted by Gasteiger charge is -2.28. The van der Waals surface area contributed by atoms with Crippen molar-refractivity contribution in [3.63, 3.8) is 0 Å². The van der Waals surface area contributed by atoms with Crippen molar-refractivity contribution in [2.24, 2.45) is 0 Å². The van der Waals surface area contributed by atoms with E-state index in [0.717, 1.165) is 30.2 Å². The average molecular weight is 322 g/mol. The van der Waals surface area contributed by atoms with Crippen molar-refractivity contribution in [1.29, 1.82) is 0 Å². The van der Waals surface area contributed by atoms with Crippen LogP contribution in [-0.4, -0.2) is 29.3 Å². The van der Waals surface area contributed by atoms with Crippen molar-refractivity contribution in [3.05, 3.63) is 16.0 Å². The Morgan fingerprint density at radius 2 is 2.18 bits per heavy atom. The van der Waals surface area contributed by atoms with E-state index in [-0.39, 0.29) is 17.5 Å². The van der Waals surface area contributed by atoms with Crippen molar-refractivity contribution < 1.29 is 9.47 Å². The van der Waals surface area contributed by atoms with E-state index in [0.29, 0.717) is 5.88 Å². The van der Waals surface area contributed by atoms with Gasteiger partial charge in [-0.15, -0.1) is 0 Å². The minimum atomic E-state index is 0.135. The molecule has 6 heteroatoms. The highest BCUT2D eigenvalue weighted by molar-refractivity contribution is 9.10. The molecule has 0 amide bonds. The first-order chi connectivity index (χ1) is 8.19. The smallest absolute Gasteiger partial charge is 0.232 e. The van der Waals surface area contributed by atoms with E-state index in [9.17, 15) is 0 Å². The first-order valence-electron chi connectivity index (χ1n) is 5.56. The molecule has 1 fully saturated rings. The lowest BCUT2D eigenvalue weighted by Crippen LogP contribution is -2.29. The van der Waals surface area contributed by atoms with E-state index in [4.69, 9.17) is 21.1 Å². The first kappa shape index (κ1) is 13.1. The molecule has 2 rings (SSSR count). The first-order valence-corrected chi connectivity index (χ1v) is 6.73. The monoisotopic (exact) mass is 320 g/mol. The van der Waals surface area contributed by atoms with Crippen LogP contribution in [0.1, 0.15) is 25.7 Å². The van der Waals surface area contributed by atoms with Gasteiger partial charge in [-0.25, -0.2) is 4.98 Å². The molecular formula is C11H14BrClN2O2. The van der Waals surface area contributed by atoms with Gasteiger partial charge >= 0.3 is 0 Å². The second-order valence-corrected chi connectivity index (χ2v) is 5.25. The molecule has 2 atom stereocenters. The topological polar surface area (TPSA) is 44.2 Å². The van der Waals surface area contributed by atoms with Gasteiger partial charge in [0.05, 0.1) is 10.6 Å². The fraction of sp³-hybridized carbons (Fsp3) is 0.636. The van der Waals surface area contributed by atoms with Crippen molar-refractivity contribution in [3.8, 4) is 5.88 Å². The number of halogens is 2. The summed E-state index contributed by atoms with van der Waals surface area (Å²) in [5, 5.41) is 0.197. The Labute approximate surface area is 114 Å². The summed E-state index contributed by atoms with van der Waals surface area (Å²) in [5.74, 6) is 0.506. The lowest BCUT2D eigenvalue weighted by molar-refractivity contribution is 0.0192. The average Bonchev–Trinajstić information content (AvgIpc) is 2.34. The fourth-order valence-corrected chi connectivity index (χ4v) is 2.41. The summed E-state index contributed by atoms with van der Waals surface area (Å²) in [6.45, 7) is 0. The Hall–Kier alpha value is -0.390. The minimum absolute atomic E-state index is 0.135. The molecule has 0 saturated heterocycles. The molecule has 1 saturated carbocycles. The molecule has 0 aliphatic heterocycles. The number of aromatic nitrogens is 2. The van der Waals surface area contributed by atoms with Crippen molar-refractivity contribution in [1.82, 2.24) is 9.97 Å². The van der Waals surface area contributed by atoms with E-state index < -0.39 is 0 Å². The maximum atomic E-state index is 5.84. The van der Waals surface area contributed by atoms with Gasteiger partial charge in [-0.1, -0.05) is 0 Å². The predicted octanol–water partition coefficient (Wildman–Crippen LogP) is 3.23. The number of hydrogen-bond donors (Lipinski definition) is 0. The van der Waals surface area contributed by atoms with Crippen LogP contribution >= 0.6 is 27.5 Å². The van der Waals surface area contributed by atoms with Crippen molar-refractivity contribution in [2.75, 3.05) is 7.11 Å². The van der Waals surface area contributed by atoms with Crippen LogP contribution in [-0.2, 0) is 4.74 Å². The van der Waals surface area contributed by atoms with E-state index >= 15 is 0 Å². The van der Waals surface area contributed by atoms with E-state index in [2.05, 4.69) is 25.9 Å². The highest BCUT2D eigenvalue weighted by Crippen LogP contribution is 2.28. The summed E-state index contributed by atoms with van der Waals surface area (Å²) >= 11 is 9.09. The molecule has 4 nitrogen and oxygen atoms in total. The number of hydrogen-bond acceptors (Lipinski definition) is 4. The van der Waals surface area contributed by atoms with Crippen LogP contribution in [0.15, 0.2) is 10.7 Å². The maximum absolute atomic E-state index is 5.84. The molecule has 0 spiro atoms. The third kappa shape index (κ3) is 3.53. The van der Waals surface area contributed by atoms with Crippen LogP contribution in [0.5, 0.6) is 5.88 Å². The van der Waals surface area contributed by atoms with Crippen LogP contribution < -0.4 is 4.74 Å². The fourth-order valence-electron chi connectivity index (χ4n) is 1.99. The second kappa shape index (κ2) is 5.98. The Balaban J connectivity index is 2.02. The summed E-state index contributed by atoms with van der Waals surface area (Å²) in [6.07, 6.45) is 6.14. The molecule has 0 N–H and O–H groups in total. The summed E-state index contributed by atoms with van der Waals surface area (Å²) < 4.78 is 11.9. The molecule has 17 heavy (non-hydrogen) atoms. The van der Waals surface area contributed by atoms with E-state index in [1.165, 1.54) is 0 Å². The van der Waals surface area contributed by atoms with Gasteiger partial charge in [0.2, 0.25) is 11.2 Å². The largest absolute Gasteiger partial charge is 0.473 e. The number of rotatable bonds is 3. The Morgan fingerprint density at radius 1 is 1.41 bits per heavy atom. The Morgan fingerprint density at radius 3 is 2.94 bits per heavy atom. The quantitative estimate of drug-likeness (QED) is 0.802. The number of ether oxygens (including phenoxy) is 2. The molecule has 1 aromatic rings. The summed E-state index contributed by atoms with van der Waals surface area (Å²) in [5.41, 5.74) is 0. The number of nitrogens with zero attached hydrogens (tertiary/aromatic N) is 2. The molecule has 1 aliphatic rings. The number of methoxy groups -OCH3 is 1. The van der Waals surface area contributed by atoms with Crippen molar-refractivity contribution in [2.45, 2.75) is 37.9 Å². The van der Waals surface area contributed by atoms with Crippen LogP contribution in [0.4, 0.5) is 0 Å². The highest BCUT2D eigenvalue weighted by Gasteiger charge is 2.24. The zero-order chi connectivity index (χ0) is 12.3. The van der Waals surface area contributed by atoms with Crippen LogP contribution in [0.25, 0.3) is 0 Å². The van der Waals surface area contributed by atoms with Gasteiger partial charge in [-0.2, -0.15) is 4.98 Å². The zero-order valence-corrected chi connectivity index (χ0v) is 11.9. The highest BCUT2D eigenvalue weighted by atomic mass is 79.9. The third-order valence-corrected chi connectivity index (χ3v) is 3.60. The summed E-state index contributed by atoms with van der Waals surface area (Å²) in [4.78, 5) is 7.93. The zero-order valence-electron chi connectivity index (χ0n) is 9.53. The van der Waals surface area contributed by atoms with Gasteiger partial charge in [0.15, 0.2) is 0 Å². The predicted molar refractivity (Wildman–Crippen MR) is 68.4 cm³/mol. The van der Waals surface area contributed by atoms with Gasteiger partial charge in [0.25, 0.3) is 0 Å². The molecule has 2 unspecified atom stereocenters. The van der Waals surface area contributed by atoms with Gasteiger partial charge in [0.1, 0.15) is 6.10 Å². The lowest BCUT2D eigenvalue weighted by atomic mass is 9.95. The molecule has 0 aromatic carbocycles. The molecule has 1 heterocycles. The molecule has 1 aromatic heterocycles. The standard InChI is InChI=1S/C11H14BrClN2O2/c1-16-7-3-2-4-8(5-7)17-10-9(12)6-14-11(13)15-10/h6-8H,2-5H2,1H3. The molecular weight excluding hydrogens is 307 g/mol. The Bertz CT molecular complexity index is 392. The van der Waals surface area contributed by atoms with Crippen molar-refractivity contribution >= 4 is 27.5 Å². The second-order valence-electron chi connectivity index (χ2n) is 4.06. The van der Waals surface area contributed by atoms with Gasteiger partial charge in [-0.3, -0.25) is 0 Å². The van der Waals surface area contributed by atoms with E-state index in [1.807, 2.05) is 0 Å². The third-order valence-electron chi connectivity index (χ3n) is 2.87. The Kier molecular flexibility index (Phi) is 4.59. The normalized spacial score (nSPS) is 24.6. The van der Waals surface area contributed by atoms with Gasteiger partial charge in [-0.05, 0) is 46.8 Å². The van der Waals surface area contributed by atoms with E-state index in [1.54, 1.807) is 13.3 Å². The summed E-state index contributed by atoms with van der Waals surface area (Å²) in [6, 6.07) is 0. The maximum Gasteiger partial charge on any atom is 0.232 e. The molecule has 94 valence electrons. The van der Waals surface area contributed by atoms with Crippen LogP contribution in [0, 0.1) is 0 Å². The molecule has 0 bridgehead atoms. The van der Waals surface area contributed by atoms with Crippen LogP contribution in [0.3, 0.4) is 0 Å². The van der Waals surface area contributed by atoms with Gasteiger partial charge in [0, 0.05) is 19.7 Å². The van der Waals surface area contributed by atoms with Gasteiger partial charge < -0.3 is 9.47 Å². The molecule has 0 radical (unpaired) electrons.